The van der Waals surface area contributed by atoms with Gasteiger partial charge in [0.15, 0.2) is 5.78 Å². The van der Waals surface area contributed by atoms with E-state index in [9.17, 15) is 4.79 Å². The number of hydrogen-bond acceptors (Lipinski definition) is 3. The summed E-state index contributed by atoms with van der Waals surface area (Å²) < 4.78 is 12.1. The van der Waals surface area contributed by atoms with Crippen LogP contribution in [0.3, 0.4) is 0 Å². The molecule has 0 aliphatic carbocycles. The van der Waals surface area contributed by atoms with Gasteiger partial charge >= 0.3 is 0 Å². The highest BCUT2D eigenvalue weighted by Gasteiger charge is 2.14. The number of benzene rings is 6. The van der Waals surface area contributed by atoms with Gasteiger partial charge in [0, 0.05) is 22.3 Å². The van der Waals surface area contributed by atoms with Gasteiger partial charge in [-0.25, -0.2) is 0 Å². The molecule has 0 amide bonds. The second-order valence-corrected chi connectivity index (χ2v) is 10.2. The van der Waals surface area contributed by atoms with E-state index in [4.69, 9.17) is 9.47 Å². The zero-order valence-corrected chi connectivity index (χ0v) is 23.6. The molecule has 42 heavy (non-hydrogen) atoms. The molecule has 0 spiro atoms. The molecular weight excluding hydrogens is 516 g/mol. The van der Waals surface area contributed by atoms with Crippen LogP contribution in [0.25, 0.3) is 33.4 Å². The molecule has 0 fully saturated rings. The van der Waals surface area contributed by atoms with Crippen molar-refractivity contribution in [3.05, 3.63) is 162 Å². The van der Waals surface area contributed by atoms with E-state index < -0.39 is 0 Å². The largest absolute Gasteiger partial charge is 0.496 e. The van der Waals surface area contributed by atoms with Gasteiger partial charge in [-0.15, -0.1) is 0 Å². The predicted octanol–water partition coefficient (Wildman–Crippen LogP) is 10.0. The minimum atomic E-state index is -0.00904. The average Bonchev–Trinajstić information content (AvgIpc) is 3.06. The van der Waals surface area contributed by atoms with Crippen molar-refractivity contribution in [3.8, 4) is 50.6 Å². The molecule has 0 aromatic heterocycles. The normalized spacial score (nSPS) is 10.7. The van der Waals surface area contributed by atoms with E-state index in [1.165, 1.54) is 0 Å². The summed E-state index contributed by atoms with van der Waals surface area (Å²) in [6.07, 6.45) is 0. The summed E-state index contributed by atoms with van der Waals surface area (Å²) in [5.41, 5.74) is 8.74. The molecular formula is C39H30O3. The highest BCUT2D eigenvalue weighted by Crippen LogP contribution is 2.39. The first-order chi connectivity index (χ1) is 20.6. The smallest absolute Gasteiger partial charge is 0.193 e. The molecule has 6 aromatic rings. The Morgan fingerprint density at radius 2 is 0.976 bits per heavy atom. The molecule has 3 heteroatoms. The number of carbonyl (C=O) groups is 1. The lowest BCUT2D eigenvalue weighted by atomic mass is 9.95. The topological polar surface area (TPSA) is 35.5 Å². The first-order valence-electron chi connectivity index (χ1n) is 13.9. The van der Waals surface area contributed by atoms with Crippen LogP contribution in [0.4, 0.5) is 0 Å². The molecule has 0 bridgehead atoms. The molecule has 6 rings (SSSR count). The highest BCUT2D eigenvalue weighted by molar-refractivity contribution is 6.09. The Morgan fingerprint density at radius 1 is 0.500 bits per heavy atom. The fourth-order valence-electron chi connectivity index (χ4n) is 5.05. The quantitative estimate of drug-likeness (QED) is 0.178. The third kappa shape index (κ3) is 5.72. The summed E-state index contributed by atoms with van der Waals surface area (Å²) in [6, 6.07) is 48.0. The first kappa shape index (κ1) is 26.8. The Hall–Kier alpha value is -5.41. The number of aryl methyl sites for hydroxylation is 1. The van der Waals surface area contributed by atoms with Crippen LogP contribution in [0.2, 0.25) is 0 Å². The Labute approximate surface area is 246 Å². The minimum absolute atomic E-state index is 0.00904. The van der Waals surface area contributed by atoms with Crippen molar-refractivity contribution >= 4 is 5.78 Å². The maximum Gasteiger partial charge on any atom is 0.193 e. The SMILES string of the molecule is COc1ccc(-c2ccc(Oc3ccc(C(=O)c4ccc(C)cc4)cc3)c(-c3ccccc3)c2)cc1-c1ccccc1. The summed E-state index contributed by atoms with van der Waals surface area (Å²) in [7, 11) is 1.70. The van der Waals surface area contributed by atoms with Gasteiger partial charge in [-0.05, 0) is 77.7 Å². The monoisotopic (exact) mass is 546 g/mol. The fraction of sp³-hybridized carbons (Fsp3) is 0.0513. The maximum atomic E-state index is 12.9. The van der Waals surface area contributed by atoms with Gasteiger partial charge in [0.25, 0.3) is 0 Å². The van der Waals surface area contributed by atoms with Crippen molar-refractivity contribution in [2.24, 2.45) is 0 Å². The molecule has 0 aliphatic rings. The standard InChI is InChI=1S/C39H30O3/c1-27-13-15-30(16-14-27)39(40)31-17-21-34(22-18-31)42-38-24-20-33(26-36(38)29-11-7-4-8-12-29)32-19-23-37(41-2)35(25-32)28-9-5-3-6-10-28/h3-26H,1-2H3. The number of carbonyl (C=O) groups excluding carboxylic acids is 1. The summed E-state index contributed by atoms with van der Waals surface area (Å²) in [5, 5.41) is 0. The molecule has 0 aliphatic heterocycles. The van der Waals surface area contributed by atoms with Crippen molar-refractivity contribution in [3.63, 3.8) is 0 Å². The van der Waals surface area contributed by atoms with Gasteiger partial charge < -0.3 is 9.47 Å². The van der Waals surface area contributed by atoms with E-state index >= 15 is 0 Å². The molecule has 0 heterocycles. The molecule has 0 atom stereocenters. The van der Waals surface area contributed by atoms with Crippen LogP contribution in [0.1, 0.15) is 21.5 Å². The van der Waals surface area contributed by atoms with Crippen LogP contribution in [0.5, 0.6) is 17.2 Å². The Morgan fingerprint density at radius 3 is 1.50 bits per heavy atom. The van der Waals surface area contributed by atoms with Gasteiger partial charge in [-0.1, -0.05) is 103 Å². The highest BCUT2D eigenvalue weighted by atomic mass is 16.5. The third-order valence-electron chi connectivity index (χ3n) is 7.34. The van der Waals surface area contributed by atoms with Crippen molar-refractivity contribution in [1.29, 1.82) is 0 Å². The van der Waals surface area contributed by atoms with Gasteiger partial charge in [0.1, 0.15) is 17.2 Å². The van der Waals surface area contributed by atoms with Crippen molar-refractivity contribution in [2.75, 3.05) is 7.11 Å². The average molecular weight is 547 g/mol. The molecule has 0 N–H and O–H groups in total. The fourth-order valence-corrected chi connectivity index (χ4v) is 5.05. The van der Waals surface area contributed by atoms with E-state index in [1.807, 2.05) is 104 Å². The molecule has 204 valence electrons. The summed E-state index contributed by atoms with van der Waals surface area (Å²) in [5.74, 6) is 2.22. The first-order valence-corrected chi connectivity index (χ1v) is 13.9. The number of rotatable bonds is 8. The number of ether oxygens (including phenoxy) is 2. The van der Waals surface area contributed by atoms with Crippen LogP contribution in [0.15, 0.2) is 146 Å². The lowest BCUT2D eigenvalue weighted by molar-refractivity contribution is 0.103. The van der Waals surface area contributed by atoms with E-state index in [0.717, 1.165) is 50.4 Å². The number of methoxy groups -OCH3 is 1. The van der Waals surface area contributed by atoms with E-state index in [2.05, 4.69) is 48.5 Å². The predicted molar refractivity (Wildman–Crippen MR) is 170 cm³/mol. The zero-order chi connectivity index (χ0) is 28.9. The lowest BCUT2D eigenvalue weighted by Gasteiger charge is -2.15. The maximum absolute atomic E-state index is 12.9. The van der Waals surface area contributed by atoms with E-state index in [1.54, 1.807) is 7.11 Å². The Bertz CT molecular complexity index is 1820. The van der Waals surface area contributed by atoms with Gasteiger partial charge in [-0.3, -0.25) is 4.79 Å². The molecule has 0 radical (unpaired) electrons. The van der Waals surface area contributed by atoms with Crippen molar-refractivity contribution in [2.45, 2.75) is 6.92 Å². The van der Waals surface area contributed by atoms with Gasteiger partial charge in [0.05, 0.1) is 7.11 Å². The lowest BCUT2D eigenvalue weighted by Crippen LogP contribution is -2.01. The Kier molecular flexibility index (Phi) is 7.65. The van der Waals surface area contributed by atoms with Crippen LogP contribution in [0, 0.1) is 6.92 Å². The molecule has 3 nitrogen and oxygen atoms in total. The summed E-state index contributed by atoms with van der Waals surface area (Å²) in [6.45, 7) is 2.01. The van der Waals surface area contributed by atoms with E-state index in [0.29, 0.717) is 16.9 Å². The van der Waals surface area contributed by atoms with Crippen molar-refractivity contribution < 1.29 is 14.3 Å². The molecule has 0 saturated carbocycles. The number of ketones is 1. The van der Waals surface area contributed by atoms with Gasteiger partial charge in [0.2, 0.25) is 0 Å². The van der Waals surface area contributed by atoms with Gasteiger partial charge in [-0.2, -0.15) is 0 Å². The second kappa shape index (κ2) is 12.0. The zero-order valence-electron chi connectivity index (χ0n) is 23.6. The van der Waals surface area contributed by atoms with Crippen LogP contribution >= 0.6 is 0 Å². The van der Waals surface area contributed by atoms with Crippen LogP contribution in [-0.4, -0.2) is 12.9 Å². The van der Waals surface area contributed by atoms with Crippen molar-refractivity contribution in [1.82, 2.24) is 0 Å². The molecule has 6 aromatic carbocycles. The molecule has 0 saturated heterocycles. The van der Waals surface area contributed by atoms with Crippen LogP contribution in [-0.2, 0) is 0 Å². The summed E-state index contributed by atoms with van der Waals surface area (Å²) >= 11 is 0. The van der Waals surface area contributed by atoms with Crippen LogP contribution < -0.4 is 9.47 Å². The minimum Gasteiger partial charge on any atom is -0.496 e. The molecule has 0 unspecified atom stereocenters. The number of hydrogen-bond donors (Lipinski definition) is 0. The van der Waals surface area contributed by atoms with E-state index in [-0.39, 0.29) is 5.78 Å². The summed E-state index contributed by atoms with van der Waals surface area (Å²) in [4.78, 5) is 12.9. The Balaban J connectivity index is 1.33. The second-order valence-electron chi connectivity index (χ2n) is 10.2. The third-order valence-corrected chi connectivity index (χ3v) is 7.34.